The Morgan fingerprint density at radius 1 is 1.04 bits per heavy atom. The van der Waals surface area contributed by atoms with Crippen LogP contribution >= 0.6 is 0 Å². The third-order valence-corrected chi connectivity index (χ3v) is 3.95. The lowest BCUT2D eigenvalue weighted by atomic mass is 10.2. The van der Waals surface area contributed by atoms with Gasteiger partial charge in [0.05, 0.1) is 0 Å². The quantitative estimate of drug-likeness (QED) is 0.780. The van der Waals surface area contributed by atoms with E-state index < -0.39 is 5.97 Å². The molecule has 0 saturated carbocycles. The highest BCUT2D eigenvalue weighted by atomic mass is 16.6. The molecule has 1 aliphatic rings. The molecule has 0 atom stereocenters. The summed E-state index contributed by atoms with van der Waals surface area (Å²) in [6.45, 7) is 4.13. The first-order chi connectivity index (χ1) is 11.1. The minimum atomic E-state index is -0.740. The van der Waals surface area contributed by atoms with E-state index in [1.807, 2.05) is 30.3 Å². The van der Waals surface area contributed by atoms with E-state index in [-0.39, 0.29) is 12.5 Å². The zero-order valence-corrected chi connectivity index (χ0v) is 13.3. The average molecular weight is 320 g/mol. The number of carboxylic acid groups (broad SMARTS) is 1. The monoisotopic (exact) mass is 320 g/mol. The van der Waals surface area contributed by atoms with Crippen molar-refractivity contribution in [3.05, 3.63) is 35.9 Å². The fraction of sp³-hybridized carbons (Fsp3) is 0.529. The Bertz CT molecular complexity index is 499. The van der Waals surface area contributed by atoms with Crippen molar-refractivity contribution in [2.24, 2.45) is 0 Å². The molecular weight excluding hydrogens is 296 g/mol. The standard InChI is InChI=1S/C17H24N2O4/c20-16(21)8-4-5-9-18-10-12-19(13-11-18)17(22)23-14-15-6-2-1-3-7-15/h1-3,6-7H,4-5,8-14H2,(H,20,21). The zero-order chi connectivity index (χ0) is 16.5. The van der Waals surface area contributed by atoms with Gasteiger partial charge in [0.15, 0.2) is 0 Å². The summed E-state index contributed by atoms with van der Waals surface area (Å²) in [5, 5.41) is 8.61. The lowest BCUT2D eigenvalue weighted by Gasteiger charge is -2.34. The van der Waals surface area contributed by atoms with Crippen LogP contribution in [0.2, 0.25) is 0 Å². The Balaban J connectivity index is 1.61. The maximum atomic E-state index is 12.0. The number of carbonyl (C=O) groups excluding carboxylic acids is 1. The molecule has 0 aromatic heterocycles. The summed E-state index contributed by atoms with van der Waals surface area (Å²) in [4.78, 5) is 26.5. The number of amides is 1. The van der Waals surface area contributed by atoms with Gasteiger partial charge in [-0.25, -0.2) is 4.79 Å². The van der Waals surface area contributed by atoms with Crippen LogP contribution in [0.4, 0.5) is 4.79 Å². The number of hydrogen-bond acceptors (Lipinski definition) is 4. The minimum absolute atomic E-state index is 0.228. The van der Waals surface area contributed by atoms with Crippen LogP contribution in [0.5, 0.6) is 0 Å². The second kappa shape index (κ2) is 9.15. The number of nitrogens with zero attached hydrogens (tertiary/aromatic N) is 2. The molecule has 1 amide bonds. The fourth-order valence-electron chi connectivity index (χ4n) is 2.58. The van der Waals surface area contributed by atoms with Crippen molar-refractivity contribution in [3.8, 4) is 0 Å². The van der Waals surface area contributed by atoms with E-state index in [4.69, 9.17) is 9.84 Å². The van der Waals surface area contributed by atoms with E-state index in [1.165, 1.54) is 0 Å². The van der Waals surface area contributed by atoms with Gasteiger partial charge >= 0.3 is 12.1 Å². The molecule has 0 spiro atoms. The van der Waals surface area contributed by atoms with Crippen molar-refractivity contribution < 1.29 is 19.4 Å². The number of carbonyl (C=O) groups is 2. The molecule has 0 aliphatic carbocycles. The molecule has 126 valence electrons. The summed E-state index contributed by atoms with van der Waals surface area (Å²) >= 11 is 0. The van der Waals surface area contributed by atoms with Crippen molar-refractivity contribution >= 4 is 12.1 Å². The smallest absolute Gasteiger partial charge is 0.410 e. The third kappa shape index (κ3) is 6.28. The summed E-state index contributed by atoms with van der Waals surface area (Å²) in [5.41, 5.74) is 0.984. The molecular formula is C17H24N2O4. The van der Waals surface area contributed by atoms with E-state index in [0.29, 0.717) is 26.1 Å². The molecule has 6 nitrogen and oxygen atoms in total. The molecule has 1 aliphatic heterocycles. The van der Waals surface area contributed by atoms with Gasteiger partial charge in [-0.1, -0.05) is 30.3 Å². The van der Waals surface area contributed by atoms with Crippen LogP contribution < -0.4 is 0 Å². The Morgan fingerprint density at radius 3 is 2.39 bits per heavy atom. The van der Waals surface area contributed by atoms with Crippen LogP contribution in [0.25, 0.3) is 0 Å². The molecule has 2 rings (SSSR count). The molecule has 1 aromatic rings. The number of aliphatic carboxylic acids is 1. The van der Waals surface area contributed by atoms with Crippen molar-refractivity contribution in [3.63, 3.8) is 0 Å². The maximum Gasteiger partial charge on any atom is 0.410 e. The summed E-state index contributed by atoms with van der Waals surface area (Å²) < 4.78 is 5.33. The summed E-state index contributed by atoms with van der Waals surface area (Å²) in [6, 6.07) is 9.64. The van der Waals surface area contributed by atoms with Gasteiger partial charge in [0, 0.05) is 32.6 Å². The predicted octanol–water partition coefficient (Wildman–Crippen LogP) is 2.20. The lowest BCUT2D eigenvalue weighted by molar-refractivity contribution is -0.137. The Morgan fingerprint density at radius 2 is 1.74 bits per heavy atom. The van der Waals surface area contributed by atoms with Crippen molar-refractivity contribution in [1.29, 1.82) is 0 Å². The molecule has 0 radical (unpaired) electrons. The molecule has 1 saturated heterocycles. The number of carboxylic acids is 1. The first kappa shape index (κ1) is 17.3. The van der Waals surface area contributed by atoms with Crippen LogP contribution in [0.1, 0.15) is 24.8 Å². The van der Waals surface area contributed by atoms with Crippen molar-refractivity contribution in [2.75, 3.05) is 32.7 Å². The Labute approximate surface area is 136 Å². The Kier molecular flexibility index (Phi) is 6.87. The highest BCUT2D eigenvalue weighted by molar-refractivity contribution is 5.67. The van der Waals surface area contributed by atoms with E-state index in [9.17, 15) is 9.59 Å². The Hall–Kier alpha value is -2.08. The van der Waals surface area contributed by atoms with E-state index in [2.05, 4.69) is 4.90 Å². The number of piperazine rings is 1. The zero-order valence-electron chi connectivity index (χ0n) is 13.3. The highest BCUT2D eigenvalue weighted by Gasteiger charge is 2.21. The van der Waals surface area contributed by atoms with Gasteiger partial charge in [0.1, 0.15) is 6.61 Å². The van der Waals surface area contributed by atoms with Crippen LogP contribution in [-0.2, 0) is 16.1 Å². The molecule has 23 heavy (non-hydrogen) atoms. The normalized spacial score (nSPS) is 15.4. The van der Waals surface area contributed by atoms with Gasteiger partial charge in [-0.3, -0.25) is 9.69 Å². The van der Waals surface area contributed by atoms with Gasteiger partial charge in [0.2, 0.25) is 0 Å². The summed E-state index contributed by atoms with van der Waals surface area (Å²) in [7, 11) is 0. The third-order valence-electron chi connectivity index (χ3n) is 3.95. The van der Waals surface area contributed by atoms with E-state index in [1.54, 1.807) is 4.90 Å². The van der Waals surface area contributed by atoms with Gasteiger partial charge < -0.3 is 14.7 Å². The van der Waals surface area contributed by atoms with Gasteiger partial charge in [-0.05, 0) is 24.9 Å². The topological polar surface area (TPSA) is 70.1 Å². The van der Waals surface area contributed by atoms with Crippen LogP contribution in [-0.4, -0.2) is 59.7 Å². The maximum absolute atomic E-state index is 12.0. The number of benzene rings is 1. The molecule has 1 N–H and O–H groups in total. The summed E-state index contributed by atoms with van der Waals surface area (Å²) in [5.74, 6) is -0.740. The fourth-order valence-corrected chi connectivity index (χ4v) is 2.58. The van der Waals surface area contributed by atoms with Crippen LogP contribution in [0, 0.1) is 0 Å². The van der Waals surface area contributed by atoms with Gasteiger partial charge in [-0.15, -0.1) is 0 Å². The minimum Gasteiger partial charge on any atom is -0.481 e. The largest absolute Gasteiger partial charge is 0.481 e. The van der Waals surface area contributed by atoms with E-state index in [0.717, 1.165) is 31.6 Å². The van der Waals surface area contributed by atoms with E-state index >= 15 is 0 Å². The van der Waals surface area contributed by atoms with Crippen molar-refractivity contribution in [1.82, 2.24) is 9.80 Å². The SMILES string of the molecule is O=C(O)CCCCN1CCN(C(=O)OCc2ccccc2)CC1. The predicted molar refractivity (Wildman–Crippen MR) is 86.1 cm³/mol. The van der Waals surface area contributed by atoms with Crippen LogP contribution in [0.3, 0.4) is 0 Å². The highest BCUT2D eigenvalue weighted by Crippen LogP contribution is 2.08. The molecule has 6 heteroatoms. The van der Waals surface area contributed by atoms with Crippen molar-refractivity contribution in [2.45, 2.75) is 25.9 Å². The first-order valence-corrected chi connectivity index (χ1v) is 8.05. The van der Waals surface area contributed by atoms with Gasteiger partial charge in [0.25, 0.3) is 0 Å². The van der Waals surface area contributed by atoms with Crippen LogP contribution in [0.15, 0.2) is 30.3 Å². The number of rotatable bonds is 7. The molecule has 0 bridgehead atoms. The first-order valence-electron chi connectivity index (χ1n) is 8.05. The molecule has 0 unspecified atom stereocenters. The molecule has 1 fully saturated rings. The second-order valence-corrected chi connectivity index (χ2v) is 5.72. The number of hydrogen-bond donors (Lipinski definition) is 1. The number of ether oxygens (including phenoxy) is 1. The molecule has 1 aromatic carbocycles. The number of unbranched alkanes of at least 4 members (excludes halogenated alkanes) is 1. The average Bonchev–Trinajstić information content (AvgIpc) is 2.58. The lowest BCUT2D eigenvalue weighted by Crippen LogP contribution is -2.48. The summed E-state index contributed by atoms with van der Waals surface area (Å²) in [6.07, 6.45) is 1.55. The second-order valence-electron chi connectivity index (χ2n) is 5.72. The van der Waals surface area contributed by atoms with Gasteiger partial charge in [-0.2, -0.15) is 0 Å². The molecule has 1 heterocycles.